The van der Waals surface area contributed by atoms with Crippen molar-refractivity contribution >= 4 is 5.91 Å². The fraction of sp³-hybridized carbons (Fsp3) is 0.533. The minimum atomic E-state index is -0.914. The van der Waals surface area contributed by atoms with Crippen LogP contribution in [0.25, 0.3) is 0 Å². The first-order valence-corrected chi connectivity index (χ1v) is 6.94. The first kappa shape index (κ1) is 15.9. The molecule has 0 aromatic heterocycles. The van der Waals surface area contributed by atoms with E-state index in [9.17, 15) is 13.6 Å². The lowest BCUT2D eigenvalue weighted by atomic mass is 9.86. The van der Waals surface area contributed by atoms with E-state index in [-0.39, 0.29) is 5.91 Å². The zero-order valence-corrected chi connectivity index (χ0v) is 12.2. The molecule has 116 valence electrons. The van der Waals surface area contributed by atoms with Crippen LogP contribution in [-0.2, 0) is 9.53 Å². The molecule has 0 bridgehead atoms. The maximum Gasteiger partial charge on any atom is 0.230 e. The number of carbonyl (C=O) groups excluding carboxylic acids is 1. The predicted octanol–water partition coefficient (Wildman–Crippen LogP) is 1.77. The average Bonchev–Trinajstić information content (AvgIpc) is 2.92. The van der Waals surface area contributed by atoms with E-state index in [4.69, 9.17) is 4.74 Å². The second-order valence-electron chi connectivity index (χ2n) is 5.51. The molecule has 1 aliphatic rings. The van der Waals surface area contributed by atoms with E-state index in [0.717, 1.165) is 18.7 Å². The van der Waals surface area contributed by atoms with Crippen molar-refractivity contribution in [1.29, 1.82) is 0 Å². The third-order valence-corrected chi connectivity index (χ3v) is 3.94. The molecule has 21 heavy (non-hydrogen) atoms. The Labute approximate surface area is 122 Å². The normalized spacial score (nSPS) is 23.0. The number of methoxy groups -OCH3 is 1. The van der Waals surface area contributed by atoms with Crippen LogP contribution >= 0.6 is 0 Å². The number of ether oxygens (including phenoxy) is 1. The van der Waals surface area contributed by atoms with Crippen LogP contribution < -0.4 is 10.6 Å². The minimum Gasteiger partial charge on any atom is -0.384 e. The smallest absolute Gasteiger partial charge is 0.230 e. The number of amides is 1. The highest BCUT2D eigenvalue weighted by molar-refractivity contribution is 5.83. The van der Waals surface area contributed by atoms with Gasteiger partial charge in [-0.3, -0.25) is 4.79 Å². The summed E-state index contributed by atoms with van der Waals surface area (Å²) in [5.74, 6) is -1.94. The standard InChI is InChI=1S/C15H20F2N2O2/c1-10(11-3-4-12(16)13(17)7-11)19-14(20)15(9-21-2)5-6-18-8-15/h3-4,7,10,18H,5-6,8-9H2,1-2H3,(H,19,20). The summed E-state index contributed by atoms with van der Waals surface area (Å²) in [6, 6.07) is 3.24. The van der Waals surface area contributed by atoms with Gasteiger partial charge >= 0.3 is 0 Å². The molecule has 2 atom stereocenters. The van der Waals surface area contributed by atoms with E-state index < -0.39 is 23.1 Å². The number of rotatable bonds is 5. The van der Waals surface area contributed by atoms with E-state index in [1.54, 1.807) is 14.0 Å². The number of benzene rings is 1. The monoisotopic (exact) mass is 298 g/mol. The predicted molar refractivity (Wildman–Crippen MR) is 74.7 cm³/mol. The van der Waals surface area contributed by atoms with Crippen molar-refractivity contribution in [1.82, 2.24) is 10.6 Å². The van der Waals surface area contributed by atoms with Gasteiger partial charge in [-0.05, 0) is 37.6 Å². The van der Waals surface area contributed by atoms with Crippen LogP contribution in [0, 0.1) is 17.0 Å². The van der Waals surface area contributed by atoms with Gasteiger partial charge in [-0.2, -0.15) is 0 Å². The highest BCUT2D eigenvalue weighted by Crippen LogP contribution is 2.27. The topological polar surface area (TPSA) is 50.4 Å². The molecule has 2 rings (SSSR count). The Hall–Kier alpha value is -1.53. The lowest BCUT2D eigenvalue weighted by Gasteiger charge is -2.28. The van der Waals surface area contributed by atoms with Gasteiger partial charge in [-0.1, -0.05) is 6.07 Å². The minimum absolute atomic E-state index is 0.133. The van der Waals surface area contributed by atoms with Crippen LogP contribution in [0.2, 0.25) is 0 Å². The summed E-state index contributed by atoms with van der Waals surface area (Å²) in [5, 5.41) is 6.02. The summed E-state index contributed by atoms with van der Waals surface area (Å²) < 4.78 is 31.4. The fourth-order valence-electron chi connectivity index (χ4n) is 2.62. The molecule has 1 aromatic rings. The van der Waals surface area contributed by atoms with E-state index in [2.05, 4.69) is 10.6 Å². The van der Waals surface area contributed by atoms with Crippen LogP contribution in [0.3, 0.4) is 0 Å². The summed E-state index contributed by atoms with van der Waals surface area (Å²) in [6.45, 7) is 3.39. The van der Waals surface area contributed by atoms with E-state index >= 15 is 0 Å². The highest BCUT2D eigenvalue weighted by atomic mass is 19.2. The number of carbonyl (C=O) groups is 1. The van der Waals surface area contributed by atoms with Crippen molar-refractivity contribution in [2.45, 2.75) is 19.4 Å². The summed E-state index contributed by atoms with van der Waals surface area (Å²) in [4.78, 5) is 12.5. The Kier molecular flexibility index (Phi) is 4.90. The third kappa shape index (κ3) is 3.39. The van der Waals surface area contributed by atoms with Gasteiger partial charge in [0.05, 0.1) is 18.1 Å². The maximum atomic E-state index is 13.3. The van der Waals surface area contributed by atoms with E-state index in [1.807, 2.05) is 0 Å². The maximum absolute atomic E-state index is 13.3. The average molecular weight is 298 g/mol. The molecule has 0 radical (unpaired) electrons. The molecule has 1 amide bonds. The molecule has 1 aliphatic heterocycles. The molecule has 0 spiro atoms. The SMILES string of the molecule is COCC1(C(=O)NC(C)c2ccc(F)c(F)c2)CCNC1. The zero-order chi connectivity index (χ0) is 15.5. The Morgan fingerprint density at radius 3 is 2.81 bits per heavy atom. The number of nitrogens with one attached hydrogen (secondary N) is 2. The largest absolute Gasteiger partial charge is 0.384 e. The Balaban J connectivity index is 2.08. The molecule has 1 fully saturated rings. The number of hydrogen-bond acceptors (Lipinski definition) is 3. The van der Waals surface area contributed by atoms with Crippen molar-refractivity contribution in [3.8, 4) is 0 Å². The van der Waals surface area contributed by atoms with Crippen molar-refractivity contribution in [3.63, 3.8) is 0 Å². The molecular formula is C15H20F2N2O2. The Morgan fingerprint density at radius 2 is 2.24 bits per heavy atom. The Morgan fingerprint density at radius 1 is 1.48 bits per heavy atom. The van der Waals surface area contributed by atoms with Crippen LogP contribution in [0.4, 0.5) is 8.78 Å². The highest BCUT2D eigenvalue weighted by Gasteiger charge is 2.41. The summed E-state index contributed by atoms with van der Waals surface area (Å²) >= 11 is 0. The molecule has 4 nitrogen and oxygen atoms in total. The molecule has 2 N–H and O–H groups in total. The van der Waals surface area contributed by atoms with Crippen molar-refractivity contribution in [3.05, 3.63) is 35.4 Å². The molecule has 0 aliphatic carbocycles. The van der Waals surface area contributed by atoms with Crippen LogP contribution in [0.1, 0.15) is 24.9 Å². The van der Waals surface area contributed by atoms with Gasteiger partial charge in [0.25, 0.3) is 0 Å². The van der Waals surface area contributed by atoms with E-state index in [0.29, 0.717) is 25.1 Å². The molecule has 2 unspecified atom stereocenters. The summed E-state index contributed by atoms with van der Waals surface area (Å²) in [5.41, 5.74) is -0.0672. The van der Waals surface area contributed by atoms with Crippen LogP contribution in [0.5, 0.6) is 0 Å². The lowest BCUT2D eigenvalue weighted by Crippen LogP contribution is -2.46. The quantitative estimate of drug-likeness (QED) is 0.871. The fourth-order valence-corrected chi connectivity index (χ4v) is 2.62. The summed E-state index contributed by atoms with van der Waals surface area (Å²) in [7, 11) is 1.56. The molecular weight excluding hydrogens is 278 g/mol. The van der Waals surface area contributed by atoms with Gasteiger partial charge in [0, 0.05) is 13.7 Å². The van der Waals surface area contributed by atoms with Gasteiger partial charge in [0.15, 0.2) is 11.6 Å². The van der Waals surface area contributed by atoms with Gasteiger partial charge in [0.1, 0.15) is 0 Å². The molecule has 1 aromatic carbocycles. The van der Waals surface area contributed by atoms with Gasteiger partial charge in [0.2, 0.25) is 5.91 Å². The molecule has 6 heteroatoms. The van der Waals surface area contributed by atoms with Crippen molar-refractivity contribution < 1.29 is 18.3 Å². The first-order valence-electron chi connectivity index (χ1n) is 6.94. The Bertz CT molecular complexity index is 516. The third-order valence-electron chi connectivity index (χ3n) is 3.94. The summed E-state index contributed by atoms with van der Waals surface area (Å²) in [6.07, 6.45) is 0.692. The number of halogens is 2. The van der Waals surface area contributed by atoms with Crippen LogP contribution in [-0.4, -0.2) is 32.7 Å². The second-order valence-corrected chi connectivity index (χ2v) is 5.51. The van der Waals surface area contributed by atoms with Gasteiger partial charge < -0.3 is 15.4 Å². The molecule has 0 saturated carbocycles. The lowest BCUT2D eigenvalue weighted by molar-refractivity contribution is -0.133. The van der Waals surface area contributed by atoms with Crippen molar-refractivity contribution in [2.24, 2.45) is 5.41 Å². The van der Waals surface area contributed by atoms with Gasteiger partial charge in [-0.25, -0.2) is 8.78 Å². The first-order chi connectivity index (χ1) is 9.98. The molecule has 1 heterocycles. The second kappa shape index (κ2) is 6.49. The number of hydrogen-bond donors (Lipinski definition) is 2. The van der Waals surface area contributed by atoms with Crippen molar-refractivity contribution in [2.75, 3.05) is 26.8 Å². The van der Waals surface area contributed by atoms with E-state index in [1.165, 1.54) is 6.07 Å². The molecule has 1 saturated heterocycles. The zero-order valence-electron chi connectivity index (χ0n) is 12.2. The van der Waals surface area contributed by atoms with Gasteiger partial charge in [-0.15, -0.1) is 0 Å². The van der Waals surface area contributed by atoms with Crippen LogP contribution in [0.15, 0.2) is 18.2 Å².